The molecule has 0 spiro atoms. The van der Waals surface area contributed by atoms with Crippen LogP contribution in [0.25, 0.3) is 0 Å². The average Bonchev–Trinajstić information content (AvgIpc) is 2.52. The maximum Gasteiger partial charge on any atom is 0.251 e. The van der Waals surface area contributed by atoms with Crippen molar-refractivity contribution in [3.8, 4) is 0 Å². The predicted octanol–water partition coefficient (Wildman–Crippen LogP) is 2.52. The van der Waals surface area contributed by atoms with Gasteiger partial charge >= 0.3 is 0 Å². The molecular formula is C17H24N2O2. The summed E-state index contributed by atoms with van der Waals surface area (Å²) in [7, 11) is 0. The van der Waals surface area contributed by atoms with Gasteiger partial charge in [-0.2, -0.15) is 0 Å². The average molecular weight is 288 g/mol. The molecule has 114 valence electrons. The number of amides is 2. The topological polar surface area (TPSA) is 49.4 Å². The van der Waals surface area contributed by atoms with Gasteiger partial charge in [-0.25, -0.2) is 0 Å². The van der Waals surface area contributed by atoms with Gasteiger partial charge < -0.3 is 10.2 Å². The molecule has 0 radical (unpaired) electrons. The zero-order valence-corrected chi connectivity index (χ0v) is 12.9. The van der Waals surface area contributed by atoms with E-state index in [1.807, 2.05) is 30.0 Å². The largest absolute Gasteiger partial charge is 0.343 e. The number of carbonyl (C=O) groups excluding carboxylic acids is 2. The number of likely N-dealkylation sites (tertiary alicyclic amines) is 1. The van der Waals surface area contributed by atoms with Crippen LogP contribution in [-0.4, -0.2) is 35.8 Å². The van der Waals surface area contributed by atoms with E-state index >= 15 is 0 Å². The molecule has 21 heavy (non-hydrogen) atoms. The number of piperidine rings is 1. The number of hydrogen-bond donors (Lipinski definition) is 1. The first-order valence-corrected chi connectivity index (χ1v) is 7.76. The van der Waals surface area contributed by atoms with Crippen LogP contribution in [0.2, 0.25) is 0 Å². The molecule has 1 aliphatic heterocycles. The van der Waals surface area contributed by atoms with Crippen molar-refractivity contribution in [3.05, 3.63) is 35.4 Å². The molecule has 2 rings (SSSR count). The van der Waals surface area contributed by atoms with Crippen LogP contribution in [0.1, 0.15) is 48.5 Å². The zero-order chi connectivity index (χ0) is 15.2. The monoisotopic (exact) mass is 288 g/mol. The molecule has 1 heterocycles. The van der Waals surface area contributed by atoms with Gasteiger partial charge in [-0.1, -0.05) is 25.1 Å². The van der Waals surface area contributed by atoms with E-state index in [0.717, 1.165) is 31.4 Å². The van der Waals surface area contributed by atoms with Gasteiger partial charge in [0.1, 0.15) is 0 Å². The second kappa shape index (κ2) is 7.25. The molecule has 1 aromatic carbocycles. The number of carbonyl (C=O) groups is 2. The fraction of sp³-hybridized carbons (Fsp3) is 0.529. The summed E-state index contributed by atoms with van der Waals surface area (Å²) >= 11 is 0. The van der Waals surface area contributed by atoms with E-state index in [2.05, 4.69) is 12.2 Å². The Bertz CT molecular complexity index is 513. The maximum absolute atomic E-state index is 12.3. The van der Waals surface area contributed by atoms with Gasteiger partial charge in [0.2, 0.25) is 5.91 Å². The Morgan fingerprint density at radius 3 is 2.76 bits per heavy atom. The van der Waals surface area contributed by atoms with Gasteiger partial charge in [-0.05, 0) is 44.2 Å². The Labute approximate surface area is 126 Å². The molecule has 1 saturated heterocycles. The van der Waals surface area contributed by atoms with Crippen LogP contribution in [0.5, 0.6) is 0 Å². The molecule has 1 aromatic rings. The summed E-state index contributed by atoms with van der Waals surface area (Å²) in [5.41, 5.74) is 1.56. The van der Waals surface area contributed by atoms with Crippen molar-refractivity contribution in [1.29, 1.82) is 0 Å². The first kappa shape index (κ1) is 15.5. The van der Waals surface area contributed by atoms with Gasteiger partial charge in [0.25, 0.3) is 5.91 Å². The molecule has 4 nitrogen and oxygen atoms in total. The third-order valence-electron chi connectivity index (χ3n) is 4.21. The fourth-order valence-corrected chi connectivity index (χ4v) is 2.93. The van der Waals surface area contributed by atoms with E-state index in [1.165, 1.54) is 6.42 Å². The van der Waals surface area contributed by atoms with Crippen molar-refractivity contribution >= 4 is 11.8 Å². The highest BCUT2D eigenvalue weighted by atomic mass is 16.2. The minimum Gasteiger partial charge on any atom is -0.343 e. The summed E-state index contributed by atoms with van der Waals surface area (Å²) in [4.78, 5) is 26.4. The van der Waals surface area contributed by atoms with E-state index < -0.39 is 0 Å². The van der Waals surface area contributed by atoms with Gasteiger partial charge in [-0.3, -0.25) is 9.59 Å². The van der Waals surface area contributed by atoms with Crippen molar-refractivity contribution in [2.45, 2.75) is 45.6 Å². The number of nitrogens with one attached hydrogen (secondary N) is 1. The molecule has 0 saturated carbocycles. The summed E-state index contributed by atoms with van der Waals surface area (Å²) < 4.78 is 0. The Hall–Kier alpha value is -1.84. The molecule has 1 atom stereocenters. The third-order valence-corrected chi connectivity index (χ3v) is 4.21. The smallest absolute Gasteiger partial charge is 0.251 e. The quantitative estimate of drug-likeness (QED) is 0.925. The van der Waals surface area contributed by atoms with Crippen LogP contribution in [0, 0.1) is 6.92 Å². The lowest BCUT2D eigenvalue weighted by molar-refractivity contribution is -0.133. The second-order valence-electron chi connectivity index (χ2n) is 5.64. The lowest BCUT2D eigenvalue weighted by Gasteiger charge is -2.35. The number of hydrogen-bond acceptors (Lipinski definition) is 2. The zero-order valence-electron chi connectivity index (χ0n) is 12.9. The minimum atomic E-state index is -0.175. The molecule has 0 bridgehead atoms. The van der Waals surface area contributed by atoms with Crippen LogP contribution >= 0.6 is 0 Å². The highest BCUT2D eigenvalue weighted by Gasteiger charge is 2.25. The van der Waals surface area contributed by atoms with Crippen LogP contribution in [0.4, 0.5) is 0 Å². The lowest BCUT2D eigenvalue weighted by atomic mass is 10.00. The molecule has 0 aliphatic carbocycles. The molecule has 2 amide bonds. The summed E-state index contributed by atoms with van der Waals surface area (Å²) in [6.07, 6.45) is 4.32. The molecule has 1 unspecified atom stereocenters. The Balaban J connectivity index is 1.91. The van der Waals surface area contributed by atoms with Crippen LogP contribution in [0.15, 0.2) is 24.3 Å². The van der Waals surface area contributed by atoms with Gasteiger partial charge in [0.05, 0.1) is 6.54 Å². The fourth-order valence-electron chi connectivity index (χ4n) is 2.93. The van der Waals surface area contributed by atoms with Gasteiger partial charge in [0.15, 0.2) is 0 Å². The van der Waals surface area contributed by atoms with E-state index in [0.29, 0.717) is 11.6 Å². The molecule has 1 N–H and O–H groups in total. The molecular weight excluding hydrogens is 264 g/mol. The maximum atomic E-state index is 12.3. The standard InChI is InChI=1S/C17H24N2O2/c1-3-14-9-6-7-11-19(14)16(20)12-18-17(21)15-10-5-4-8-13(15)2/h4-5,8,10,14H,3,6-7,9,11-12H2,1-2H3,(H,18,21). The normalized spacial score (nSPS) is 18.4. The summed E-state index contributed by atoms with van der Waals surface area (Å²) in [5, 5.41) is 2.75. The number of nitrogens with zero attached hydrogens (tertiary/aromatic N) is 1. The number of rotatable bonds is 4. The minimum absolute atomic E-state index is 0.0310. The lowest BCUT2D eigenvalue weighted by Crippen LogP contribution is -2.47. The molecule has 1 fully saturated rings. The first-order chi connectivity index (χ1) is 10.1. The summed E-state index contributed by atoms with van der Waals surface area (Å²) in [6, 6.07) is 7.75. The highest BCUT2D eigenvalue weighted by molar-refractivity contribution is 5.97. The molecule has 1 aliphatic rings. The SMILES string of the molecule is CCC1CCCCN1C(=O)CNC(=O)c1ccccc1C. The summed E-state index contributed by atoms with van der Waals surface area (Å²) in [5.74, 6) is -0.144. The van der Waals surface area contributed by atoms with Crippen molar-refractivity contribution in [2.24, 2.45) is 0 Å². The Morgan fingerprint density at radius 1 is 1.29 bits per heavy atom. The number of aryl methyl sites for hydroxylation is 1. The Morgan fingerprint density at radius 2 is 2.05 bits per heavy atom. The van der Waals surface area contributed by atoms with E-state index in [9.17, 15) is 9.59 Å². The van der Waals surface area contributed by atoms with Gasteiger partial charge in [-0.15, -0.1) is 0 Å². The van der Waals surface area contributed by atoms with E-state index in [1.54, 1.807) is 6.07 Å². The van der Waals surface area contributed by atoms with Gasteiger partial charge in [0, 0.05) is 18.2 Å². The molecule has 4 heteroatoms. The summed E-state index contributed by atoms with van der Waals surface area (Å²) in [6.45, 7) is 4.91. The third kappa shape index (κ3) is 3.84. The van der Waals surface area contributed by atoms with Crippen LogP contribution < -0.4 is 5.32 Å². The highest BCUT2D eigenvalue weighted by Crippen LogP contribution is 2.19. The number of benzene rings is 1. The van der Waals surface area contributed by atoms with E-state index in [-0.39, 0.29) is 18.4 Å². The van der Waals surface area contributed by atoms with E-state index in [4.69, 9.17) is 0 Å². The van der Waals surface area contributed by atoms with Crippen LogP contribution in [0.3, 0.4) is 0 Å². The van der Waals surface area contributed by atoms with Crippen molar-refractivity contribution < 1.29 is 9.59 Å². The second-order valence-corrected chi connectivity index (χ2v) is 5.64. The first-order valence-electron chi connectivity index (χ1n) is 7.76. The van der Waals surface area contributed by atoms with Crippen LogP contribution in [-0.2, 0) is 4.79 Å². The van der Waals surface area contributed by atoms with Crippen molar-refractivity contribution in [1.82, 2.24) is 10.2 Å². The van der Waals surface area contributed by atoms with Crippen molar-refractivity contribution in [2.75, 3.05) is 13.1 Å². The molecule has 0 aromatic heterocycles. The van der Waals surface area contributed by atoms with Crippen molar-refractivity contribution in [3.63, 3.8) is 0 Å². The predicted molar refractivity (Wildman–Crippen MR) is 83.2 cm³/mol. The Kier molecular flexibility index (Phi) is 5.37.